The Bertz CT molecular complexity index is 332. The number of hydrogen-bond donors (Lipinski definition) is 1. The van der Waals surface area contributed by atoms with E-state index in [0.717, 1.165) is 38.5 Å². The second-order valence-electron chi connectivity index (χ2n) is 7.14. The molecule has 2 rings (SSSR count). The summed E-state index contributed by atoms with van der Waals surface area (Å²) in [7, 11) is 0. The van der Waals surface area contributed by atoms with Crippen LogP contribution >= 0.6 is 0 Å². The van der Waals surface area contributed by atoms with Gasteiger partial charge in [-0.15, -0.1) is 0 Å². The number of rotatable bonds is 1. The minimum Gasteiger partial charge on any atom is -0.388 e. The molecule has 0 aromatic rings. The lowest BCUT2D eigenvalue weighted by atomic mass is 9.49. The maximum Gasteiger partial charge on any atom is 0.0866 e. The Hall–Kier alpha value is -0.550. The first-order chi connectivity index (χ1) is 7.86. The lowest BCUT2D eigenvalue weighted by Gasteiger charge is -2.57. The van der Waals surface area contributed by atoms with Crippen LogP contribution in [0.5, 0.6) is 0 Å². The van der Waals surface area contributed by atoms with E-state index in [1.54, 1.807) is 0 Å². The zero-order chi connectivity index (χ0) is 12.7. The molecule has 2 unspecified atom stereocenters. The molecule has 2 heteroatoms. The van der Waals surface area contributed by atoms with Gasteiger partial charge in [-0.25, -0.2) is 0 Å². The van der Waals surface area contributed by atoms with Gasteiger partial charge in [-0.2, -0.15) is 5.26 Å². The molecule has 96 valence electrons. The fourth-order valence-corrected chi connectivity index (χ4v) is 4.05. The average molecular weight is 235 g/mol. The molecule has 2 nitrogen and oxygen atoms in total. The molecule has 17 heavy (non-hydrogen) atoms. The standard InChI is InChI=1S/C15H25NO/c1-13(2,3)12-7-4-5-10-15(12,17)14(11-16)8-6-9-14/h12,17H,4-10H2,1-3H3. The summed E-state index contributed by atoms with van der Waals surface area (Å²) in [4.78, 5) is 0. The summed E-state index contributed by atoms with van der Waals surface area (Å²) in [5.41, 5.74) is -1.09. The highest BCUT2D eigenvalue weighted by Gasteiger charge is 2.60. The molecular formula is C15H25NO. The molecule has 0 aromatic carbocycles. The lowest BCUT2D eigenvalue weighted by Crippen LogP contribution is -2.60. The molecule has 0 aliphatic heterocycles. The van der Waals surface area contributed by atoms with Crippen LogP contribution in [0.2, 0.25) is 0 Å². The van der Waals surface area contributed by atoms with Gasteiger partial charge in [0.15, 0.2) is 0 Å². The summed E-state index contributed by atoms with van der Waals surface area (Å²) in [6, 6.07) is 2.48. The monoisotopic (exact) mass is 235 g/mol. The number of hydrogen-bond acceptors (Lipinski definition) is 2. The zero-order valence-electron chi connectivity index (χ0n) is 11.4. The maximum atomic E-state index is 11.2. The topological polar surface area (TPSA) is 44.0 Å². The predicted octanol–water partition coefficient (Wildman–Crippen LogP) is 3.65. The minimum absolute atomic E-state index is 0.0919. The van der Waals surface area contributed by atoms with Gasteiger partial charge in [0.2, 0.25) is 0 Å². The first-order valence-corrected chi connectivity index (χ1v) is 6.99. The normalized spacial score (nSPS) is 37.0. The minimum atomic E-state index is -0.740. The van der Waals surface area contributed by atoms with E-state index in [0.29, 0.717) is 0 Å². The Kier molecular flexibility index (Phi) is 3.02. The molecule has 0 spiro atoms. The van der Waals surface area contributed by atoms with Gasteiger partial charge in [0, 0.05) is 0 Å². The van der Waals surface area contributed by atoms with Gasteiger partial charge in [-0.1, -0.05) is 40.0 Å². The van der Waals surface area contributed by atoms with Crippen molar-refractivity contribution in [3.8, 4) is 6.07 Å². The Morgan fingerprint density at radius 2 is 1.76 bits per heavy atom. The third-order valence-corrected chi connectivity index (χ3v) is 5.17. The average Bonchev–Trinajstić information content (AvgIpc) is 2.15. The Labute approximate surface area is 105 Å². The van der Waals surface area contributed by atoms with Crippen LogP contribution < -0.4 is 0 Å². The fraction of sp³-hybridized carbons (Fsp3) is 0.933. The van der Waals surface area contributed by atoms with Crippen LogP contribution in [0.4, 0.5) is 0 Å². The molecule has 0 saturated heterocycles. The second-order valence-corrected chi connectivity index (χ2v) is 7.14. The smallest absolute Gasteiger partial charge is 0.0866 e. The Balaban J connectivity index is 2.35. The highest BCUT2D eigenvalue weighted by molar-refractivity contribution is 5.19. The largest absolute Gasteiger partial charge is 0.388 e. The summed E-state index contributed by atoms with van der Waals surface area (Å²) in [5.74, 6) is 0.267. The van der Waals surface area contributed by atoms with Crippen molar-refractivity contribution in [1.29, 1.82) is 5.26 Å². The summed E-state index contributed by atoms with van der Waals surface area (Å²) >= 11 is 0. The van der Waals surface area contributed by atoms with Crippen molar-refractivity contribution in [2.75, 3.05) is 0 Å². The molecule has 0 amide bonds. The van der Waals surface area contributed by atoms with Gasteiger partial charge < -0.3 is 5.11 Å². The van der Waals surface area contributed by atoms with Crippen LogP contribution in [0, 0.1) is 28.1 Å². The maximum absolute atomic E-state index is 11.2. The van der Waals surface area contributed by atoms with Crippen molar-refractivity contribution in [2.24, 2.45) is 16.7 Å². The van der Waals surface area contributed by atoms with E-state index in [4.69, 9.17) is 0 Å². The van der Waals surface area contributed by atoms with E-state index in [1.165, 1.54) is 6.42 Å². The van der Waals surface area contributed by atoms with Gasteiger partial charge in [0.1, 0.15) is 0 Å². The zero-order valence-corrected chi connectivity index (χ0v) is 11.4. The Morgan fingerprint density at radius 3 is 2.18 bits per heavy atom. The summed E-state index contributed by atoms with van der Waals surface area (Å²) in [6.45, 7) is 6.62. The summed E-state index contributed by atoms with van der Waals surface area (Å²) in [5, 5.41) is 20.7. The number of aliphatic hydroxyl groups is 1. The summed E-state index contributed by atoms with van der Waals surface area (Å²) < 4.78 is 0. The summed E-state index contributed by atoms with van der Waals surface area (Å²) in [6.07, 6.45) is 7.07. The molecule has 0 radical (unpaired) electrons. The molecule has 1 N–H and O–H groups in total. The fourth-order valence-electron chi connectivity index (χ4n) is 4.05. The molecule has 2 fully saturated rings. The van der Waals surface area contributed by atoms with Gasteiger partial charge >= 0.3 is 0 Å². The van der Waals surface area contributed by atoms with Crippen molar-refractivity contribution < 1.29 is 5.11 Å². The van der Waals surface area contributed by atoms with Crippen molar-refractivity contribution in [2.45, 2.75) is 71.3 Å². The van der Waals surface area contributed by atoms with Crippen LogP contribution in [0.1, 0.15) is 65.7 Å². The first-order valence-electron chi connectivity index (χ1n) is 6.99. The van der Waals surface area contributed by atoms with Crippen molar-refractivity contribution in [3.05, 3.63) is 0 Å². The van der Waals surface area contributed by atoms with Gasteiger partial charge in [0.05, 0.1) is 17.1 Å². The third-order valence-electron chi connectivity index (χ3n) is 5.17. The molecule has 0 aromatic heterocycles. The molecule has 0 heterocycles. The second kappa shape index (κ2) is 3.99. The SMILES string of the molecule is CC(C)(C)C1CCCCC1(O)C1(C#N)CCC1. The van der Waals surface area contributed by atoms with E-state index in [2.05, 4.69) is 26.8 Å². The molecule has 2 saturated carbocycles. The number of nitrogens with zero attached hydrogens (tertiary/aromatic N) is 1. The van der Waals surface area contributed by atoms with E-state index >= 15 is 0 Å². The molecule has 2 aliphatic carbocycles. The van der Waals surface area contributed by atoms with Crippen LogP contribution in [0.15, 0.2) is 0 Å². The van der Waals surface area contributed by atoms with E-state index in [9.17, 15) is 10.4 Å². The molecule has 0 bridgehead atoms. The van der Waals surface area contributed by atoms with Crippen molar-refractivity contribution in [1.82, 2.24) is 0 Å². The van der Waals surface area contributed by atoms with Gasteiger partial charge in [-0.05, 0) is 37.0 Å². The van der Waals surface area contributed by atoms with E-state index < -0.39 is 11.0 Å². The quantitative estimate of drug-likeness (QED) is 0.754. The lowest BCUT2D eigenvalue weighted by molar-refractivity contribution is -0.178. The van der Waals surface area contributed by atoms with Crippen molar-refractivity contribution in [3.63, 3.8) is 0 Å². The Morgan fingerprint density at radius 1 is 1.12 bits per heavy atom. The molecule has 2 atom stereocenters. The first kappa shape index (κ1) is 12.9. The van der Waals surface area contributed by atoms with Crippen LogP contribution in [0.3, 0.4) is 0 Å². The van der Waals surface area contributed by atoms with E-state index in [1.807, 2.05) is 0 Å². The van der Waals surface area contributed by atoms with Gasteiger partial charge in [0.25, 0.3) is 0 Å². The van der Waals surface area contributed by atoms with Crippen LogP contribution in [0.25, 0.3) is 0 Å². The van der Waals surface area contributed by atoms with E-state index in [-0.39, 0.29) is 11.3 Å². The highest BCUT2D eigenvalue weighted by atomic mass is 16.3. The molecular weight excluding hydrogens is 210 g/mol. The van der Waals surface area contributed by atoms with Crippen LogP contribution in [-0.4, -0.2) is 10.7 Å². The predicted molar refractivity (Wildman–Crippen MR) is 68.3 cm³/mol. The third kappa shape index (κ3) is 1.80. The van der Waals surface area contributed by atoms with Crippen molar-refractivity contribution >= 4 is 0 Å². The number of nitriles is 1. The highest BCUT2D eigenvalue weighted by Crippen LogP contribution is 2.59. The van der Waals surface area contributed by atoms with Gasteiger partial charge in [-0.3, -0.25) is 0 Å². The van der Waals surface area contributed by atoms with Crippen LogP contribution in [-0.2, 0) is 0 Å². The molecule has 2 aliphatic rings.